The Hall–Kier alpha value is -1.83. The van der Waals surface area contributed by atoms with E-state index in [1.54, 1.807) is 0 Å². The van der Waals surface area contributed by atoms with Gasteiger partial charge in [-0.05, 0) is 51.0 Å². The Morgan fingerprint density at radius 3 is 2.64 bits per heavy atom. The Bertz CT molecular complexity index is 491. The molecule has 0 aromatic rings. The predicted octanol–water partition coefficient (Wildman–Crippen LogP) is 0.264. The van der Waals surface area contributed by atoms with E-state index in [1.165, 1.54) is 25.7 Å². The van der Waals surface area contributed by atoms with Gasteiger partial charge in [-0.2, -0.15) is 0 Å². The number of guanidine groups is 1. The molecule has 0 aromatic carbocycles. The first-order valence-electron chi connectivity index (χ1n) is 9.29. The number of rotatable bonds is 8. The van der Waals surface area contributed by atoms with Crippen LogP contribution in [0.2, 0.25) is 0 Å². The zero-order valence-corrected chi connectivity index (χ0v) is 14.8. The van der Waals surface area contributed by atoms with Crippen LogP contribution in [0.1, 0.15) is 51.4 Å². The van der Waals surface area contributed by atoms with Crippen LogP contribution in [-0.4, -0.2) is 59.6 Å². The molecule has 0 radical (unpaired) electrons. The van der Waals surface area contributed by atoms with Gasteiger partial charge in [-0.15, -0.1) is 0 Å². The summed E-state index contributed by atoms with van der Waals surface area (Å²) in [5, 5.41) is 12.0. The monoisotopic (exact) mass is 353 g/mol. The van der Waals surface area contributed by atoms with Gasteiger partial charge in [0.2, 0.25) is 5.91 Å². The quantitative estimate of drug-likeness (QED) is 0.281. The summed E-state index contributed by atoms with van der Waals surface area (Å²) in [4.78, 5) is 29.8. The van der Waals surface area contributed by atoms with E-state index in [1.807, 2.05) is 0 Å². The fourth-order valence-electron chi connectivity index (χ4n) is 4.11. The lowest BCUT2D eigenvalue weighted by Gasteiger charge is -2.43. The highest BCUT2D eigenvalue weighted by Crippen LogP contribution is 2.34. The number of hydrogen-bond donors (Lipinski definition) is 4. The second kappa shape index (κ2) is 9.60. The molecule has 2 fully saturated rings. The Kier molecular flexibility index (Phi) is 7.49. The summed E-state index contributed by atoms with van der Waals surface area (Å²) in [6.45, 7) is 1.58. The molecule has 1 amide bonds. The number of carbonyl (C=O) groups is 2. The normalized spacial score (nSPS) is 24.8. The molecule has 25 heavy (non-hydrogen) atoms. The number of amides is 1. The van der Waals surface area contributed by atoms with Gasteiger partial charge in [0, 0.05) is 12.6 Å². The van der Waals surface area contributed by atoms with Crippen molar-refractivity contribution in [3.05, 3.63) is 0 Å². The number of nitrogens with zero attached hydrogens (tertiary/aromatic N) is 2. The molecule has 8 heteroatoms. The molecule has 2 unspecified atom stereocenters. The van der Waals surface area contributed by atoms with Crippen LogP contribution < -0.4 is 16.8 Å². The summed E-state index contributed by atoms with van der Waals surface area (Å²) in [6, 6.07) is -0.410. The van der Waals surface area contributed by atoms with Crippen molar-refractivity contribution >= 4 is 17.8 Å². The van der Waals surface area contributed by atoms with Crippen LogP contribution in [0.25, 0.3) is 0 Å². The van der Waals surface area contributed by atoms with E-state index in [4.69, 9.17) is 11.5 Å². The fourth-order valence-corrected chi connectivity index (χ4v) is 4.11. The van der Waals surface area contributed by atoms with Crippen LogP contribution in [0.4, 0.5) is 0 Å². The van der Waals surface area contributed by atoms with Crippen LogP contribution in [-0.2, 0) is 9.59 Å². The van der Waals surface area contributed by atoms with Gasteiger partial charge in [0.05, 0.1) is 6.54 Å². The van der Waals surface area contributed by atoms with Crippen molar-refractivity contribution in [2.45, 2.75) is 63.5 Å². The SMILES string of the molecule is NC(N)=NCCC[C@H](NC(=O)CN1CCCC2CCCCC21)C(=O)O. The topological polar surface area (TPSA) is 134 Å². The Balaban J connectivity index is 1.81. The molecule has 1 heterocycles. The smallest absolute Gasteiger partial charge is 0.326 e. The van der Waals surface area contributed by atoms with E-state index in [9.17, 15) is 14.7 Å². The molecule has 8 nitrogen and oxygen atoms in total. The first-order valence-corrected chi connectivity index (χ1v) is 9.29. The first kappa shape index (κ1) is 19.5. The van der Waals surface area contributed by atoms with E-state index in [0.29, 0.717) is 37.9 Å². The molecule has 1 saturated heterocycles. The average molecular weight is 353 g/mol. The molecule has 1 saturated carbocycles. The zero-order chi connectivity index (χ0) is 18.2. The van der Waals surface area contributed by atoms with Crippen LogP contribution >= 0.6 is 0 Å². The molecule has 6 N–H and O–H groups in total. The third kappa shape index (κ3) is 6.19. The van der Waals surface area contributed by atoms with E-state index < -0.39 is 12.0 Å². The zero-order valence-electron chi connectivity index (χ0n) is 14.8. The van der Waals surface area contributed by atoms with Crippen molar-refractivity contribution in [3.8, 4) is 0 Å². The lowest BCUT2D eigenvalue weighted by atomic mass is 9.78. The minimum atomic E-state index is -1.02. The van der Waals surface area contributed by atoms with Crippen molar-refractivity contribution in [1.82, 2.24) is 10.2 Å². The Morgan fingerprint density at radius 1 is 1.20 bits per heavy atom. The van der Waals surface area contributed by atoms with Crippen LogP contribution in [0.15, 0.2) is 4.99 Å². The number of carboxylic acids is 1. The number of aliphatic imine (C=N–C) groups is 1. The van der Waals surface area contributed by atoms with Gasteiger partial charge in [0.15, 0.2) is 5.96 Å². The predicted molar refractivity (Wildman–Crippen MR) is 96.0 cm³/mol. The number of hydrogen-bond acceptors (Lipinski definition) is 4. The van der Waals surface area contributed by atoms with Gasteiger partial charge in [0.1, 0.15) is 6.04 Å². The van der Waals surface area contributed by atoms with E-state index in [-0.39, 0.29) is 11.9 Å². The van der Waals surface area contributed by atoms with Gasteiger partial charge in [-0.3, -0.25) is 14.7 Å². The van der Waals surface area contributed by atoms with Crippen LogP contribution in [0.5, 0.6) is 0 Å². The highest BCUT2D eigenvalue weighted by Gasteiger charge is 2.34. The highest BCUT2D eigenvalue weighted by molar-refractivity contribution is 5.84. The minimum Gasteiger partial charge on any atom is -0.480 e. The third-order valence-corrected chi connectivity index (χ3v) is 5.28. The second-order valence-electron chi connectivity index (χ2n) is 7.13. The van der Waals surface area contributed by atoms with Gasteiger partial charge >= 0.3 is 5.97 Å². The summed E-state index contributed by atoms with van der Waals surface area (Å²) in [5.41, 5.74) is 10.5. The Labute approximate surface area is 149 Å². The van der Waals surface area contributed by atoms with Gasteiger partial charge < -0.3 is 21.9 Å². The van der Waals surface area contributed by atoms with Crippen molar-refractivity contribution in [1.29, 1.82) is 0 Å². The number of carbonyl (C=O) groups excluding carboxylic acids is 1. The second-order valence-corrected chi connectivity index (χ2v) is 7.13. The number of aliphatic carboxylic acids is 1. The summed E-state index contributed by atoms with van der Waals surface area (Å²) < 4.78 is 0. The fraction of sp³-hybridized carbons (Fsp3) is 0.824. The molecule has 142 valence electrons. The minimum absolute atomic E-state index is 0.0111. The van der Waals surface area contributed by atoms with E-state index in [2.05, 4.69) is 15.2 Å². The molecule has 0 aromatic heterocycles. The molecule has 0 spiro atoms. The van der Waals surface area contributed by atoms with Crippen molar-refractivity contribution in [2.75, 3.05) is 19.6 Å². The van der Waals surface area contributed by atoms with Gasteiger partial charge in [0.25, 0.3) is 0 Å². The molecule has 1 aliphatic carbocycles. The lowest BCUT2D eigenvalue weighted by molar-refractivity contribution is -0.142. The number of carboxylic acid groups (broad SMARTS) is 1. The highest BCUT2D eigenvalue weighted by atomic mass is 16.4. The standard InChI is InChI=1S/C17H31N5O3/c18-17(19)20-9-3-7-13(16(24)25)21-15(23)11-22-10-4-6-12-5-1-2-8-14(12)22/h12-14H,1-11H2,(H,21,23)(H,24,25)(H4,18,19,20)/t12?,13-,14?/m0/s1. The van der Waals surface area contributed by atoms with Crippen molar-refractivity contribution in [2.24, 2.45) is 22.4 Å². The van der Waals surface area contributed by atoms with E-state index >= 15 is 0 Å². The maximum atomic E-state index is 12.4. The molecule has 1 aliphatic heterocycles. The number of piperidine rings is 1. The van der Waals surface area contributed by atoms with Crippen molar-refractivity contribution < 1.29 is 14.7 Å². The average Bonchev–Trinajstić information content (AvgIpc) is 2.57. The van der Waals surface area contributed by atoms with Gasteiger partial charge in [-0.25, -0.2) is 4.79 Å². The number of likely N-dealkylation sites (tertiary alicyclic amines) is 1. The number of nitrogens with two attached hydrogens (primary N) is 2. The third-order valence-electron chi connectivity index (χ3n) is 5.28. The number of nitrogens with one attached hydrogen (secondary N) is 1. The molecular formula is C17H31N5O3. The summed E-state index contributed by atoms with van der Waals surface area (Å²) in [7, 11) is 0. The lowest BCUT2D eigenvalue weighted by Crippen LogP contribution is -2.52. The molecular weight excluding hydrogens is 322 g/mol. The molecule has 3 atom stereocenters. The van der Waals surface area contributed by atoms with Crippen LogP contribution in [0.3, 0.4) is 0 Å². The largest absolute Gasteiger partial charge is 0.480 e. The van der Waals surface area contributed by atoms with E-state index in [0.717, 1.165) is 19.4 Å². The maximum absolute atomic E-state index is 12.4. The Morgan fingerprint density at radius 2 is 1.92 bits per heavy atom. The molecule has 2 aliphatic rings. The van der Waals surface area contributed by atoms with Gasteiger partial charge in [-0.1, -0.05) is 12.8 Å². The molecule has 2 rings (SSSR count). The summed E-state index contributed by atoms with van der Waals surface area (Å²) >= 11 is 0. The van der Waals surface area contributed by atoms with Crippen molar-refractivity contribution in [3.63, 3.8) is 0 Å². The number of fused-ring (bicyclic) bond motifs is 1. The summed E-state index contributed by atoms with van der Waals surface area (Å²) in [6.07, 6.45) is 8.11. The maximum Gasteiger partial charge on any atom is 0.326 e. The first-order chi connectivity index (χ1) is 12.0. The molecule has 0 bridgehead atoms. The van der Waals surface area contributed by atoms with Crippen LogP contribution in [0, 0.1) is 5.92 Å². The summed E-state index contributed by atoms with van der Waals surface area (Å²) in [5.74, 6) is -0.541.